The van der Waals surface area contributed by atoms with Crippen molar-refractivity contribution in [3.05, 3.63) is 22.7 Å². The zero-order chi connectivity index (χ0) is 12.1. The maximum atomic E-state index is 10.7. The Bertz CT molecular complexity index is 396. The van der Waals surface area contributed by atoms with Gasteiger partial charge in [-0.3, -0.25) is 0 Å². The molecule has 3 nitrogen and oxygen atoms in total. The molecule has 0 saturated heterocycles. The summed E-state index contributed by atoms with van der Waals surface area (Å²) < 4.78 is 11.2. The summed E-state index contributed by atoms with van der Waals surface area (Å²) in [5.41, 5.74) is 0.765. The number of methoxy groups -OCH3 is 1. The Hall–Kier alpha value is 0.00506. The first kappa shape index (κ1) is 14.1. The van der Waals surface area contributed by atoms with E-state index < -0.39 is 23.3 Å². The zero-order valence-electron chi connectivity index (χ0n) is 9.05. The predicted octanol–water partition coefficient (Wildman–Crippen LogP) is 2.27. The van der Waals surface area contributed by atoms with Gasteiger partial charge in [0.25, 0.3) is 0 Å². The van der Waals surface area contributed by atoms with Crippen molar-refractivity contribution in [1.82, 2.24) is 0 Å². The molecule has 0 saturated carbocycles. The number of ether oxygens (including phenoxy) is 2. The number of carbonyl (C=O) groups excluding carboxylic acids is 1. The van der Waals surface area contributed by atoms with E-state index in [1.807, 2.05) is 6.07 Å². The van der Waals surface area contributed by atoms with Gasteiger partial charge >= 0.3 is 116 Å². The first-order valence-corrected chi connectivity index (χ1v) is 14.5. The molecule has 0 aliphatic carbocycles. The minimum absolute atomic E-state index is 0.163. The number of halogens is 2. The van der Waals surface area contributed by atoms with Crippen LogP contribution < -0.4 is 7.81 Å². The van der Waals surface area contributed by atoms with Crippen LogP contribution in [0.5, 0.6) is 5.75 Å². The van der Waals surface area contributed by atoms with E-state index in [2.05, 4.69) is 0 Å². The van der Waals surface area contributed by atoms with E-state index in [9.17, 15) is 4.79 Å². The molecule has 0 aromatic heterocycles. The predicted molar refractivity (Wildman–Crippen MR) is 59.0 cm³/mol. The average Bonchev–Trinajstić information content (AvgIpc) is 2.25. The molecule has 16 heavy (non-hydrogen) atoms. The number of hydrogen-bond donors (Lipinski definition) is 0. The third kappa shape index (κ3) is 3.79. The van der Waals surface area contributed by atoms with E-state index in [1.165, 1.54) is 6.92 Å². The molecule has 0 unspecified atom stereocenters. The first-order valence-electron chi connectivity index (χ1n) is 4.63. The van der Waals surface area contributed by atoms with Gasteiger partial charge in [-0.2, -0.15) is 0 Å². The van der Waals surface area contributed by atoms with Crippen molar-refractivity contribution in [1.29, 1.82) is 0 Å². The average molecular weight is 450 g/mol. The van der Waals surface area contributed by atoms with Crippen LogP contribution in [0, 0.1) is 0 Å². The van der Waals surface area contributed by atoms with Gasteiger partial charge in [0, 0.05) is 0 Å². The summed E-state index contributed by atoms with van der Waals surface area (Å²) in [7, 11) is 7.57. The van der Waals surface area contributed by atoms with Crippen LogP contribution in [-0.4, -0.2) is 13.1 Å². The van der Waals surface area contributed by atoms with E-state index in [-0.39, 0.29) is 12.6 Å². The Morgan fingerprint density at radius 1 is 1.50 bits per heavy atom. The molecule has 0 radical (unpaired) electrons. The summed E-state index contributed by atoms with van der Waals surface area (Å²) in [5.74, 6) is 0.376. The minimum atomic E-state index is -1.62. The summed E-state index contributed by atoms with van der Waals surface area (Å²) in [6, 6.07) is 3.55. The molecule has 0 spiro atoms. The Balaban J connectivity index is 3.04. The molecular formula is C10H10Cl2HgO3. The van der Waals surface area contributed by atoms with Crippen molar-refractivity contribution in [2.75, 3.05) is 7.11 Å². The second kappa shape index (κ2) is 6.67. The van der Waals surface area contributed by atoms with Crippen LogP contribution in [-0.2, 0) is 39.5 Å². The van der Waals surface area contributed by atoms with Gasteiger partial charge in [-0.1, -0.05) is 0 Å². The summed E-state index contributed by atoms with van der Waals surface area (Å²) in [4.78, 5) is 10.7. The third-order valence-corrected chi connectivity index (χ3v) is 7.89. The SMILES string of the molecule is COc1c(COC(C)=O)cc(Cl)c[c]1[Hg][Cl]. The van der Waals surface area contributed by atoms with Gasteiger partial charge in [0.05, 0.1) is 0 Å². The third-order valence-electron chi connectivity index (χ3n) is 1.99. The van der Waals surface area contributed by atoms with Crippen LogP contribution in [0.2, 0.25) is 5.02 Å². The van der Waals surface area contributed by atoms with Crippen LogP contribution in [0.15, 0.2) is 12.1 Å². The van der Waals surface area contributed by atoms with Crippen LogP contribution >= 0.6 is 19.9 Å². The molecule has 0 aliphatic heterocycles. The second-order valence-electron chi connectivity index (χ2n) is 3.17. The number of esters is 1. The van der Waals surface area contributed by atoms with Gasteiger partial charge in [-0.15, -0.1) is 0 Å². The molecule has 1 aromatic carbocycles. The van der Waals surface area contributed by atoms with Crippen molar-refractivity contribution in [2.24, 2.45) is 0 Å². The molecule has 0 atom stereocenters. The fourth-order valence-corrected chi connectivity index (χ4v) is 6.94. The Morgan fingerprint density at radius 3 is 2.69 bits per heavy atom. The molecule has 0 fully saturated rings. The molecule has 1 rings (SSSR count). The van der Waals surface area contributed by atoms with Crippen molar-refractivity contribution in [3.63, 3.8) is 0 Å². The number of rotatable bonds is 4. The normalized spacial score (nSPS) is 9.50. The van der Waals surface area contributed by atoms with Gasteiger partial charge < -0.3 is 0 Å². The monoisotopic (exact) mass is 450 g/mol. The molecule has 0 heterocycles. The van der Waals surface area contributed by atoms with Crippen LogP contribution in [0.4, 0.5) is 0 Å². The van der Waals surface area contributed by atoms with E-state index >= 15 is 0 Å². The van der Waals surface area contributed by atoms with Gasteiger partial charge in [-0.05, 0) is 0 Å². The molecule has 0 N–H and O–H groups in total. The Kier molecular flexibility index (Phi) is 5.86. The molecule has 0 aliphatic rings. The molecule has 1 aromatic rings. The van der Waals surface area contributed by atoms with Gasteiger partial charge in [0.15, 0.2) is 0 Å². The van der Waals surface area contributed by atoms with Gasteiger partial charge in [0.1, 0.15) is 0 Å². The van der Waals surface area contributed by atoms with E-state index in [1.54, 1.807) is 13.2 Å². The van der Waals surface area contributed by atoms with Crippen molar-refractivity contribution >= 4 is 28.9 Å². The fraction of sp³-hybridized carbons (Fsp3) is 0.300. The molecule has 0 bridgehead atoms. The van der Waals surface area contributed by atoms with E-state index in [0.29, 0.717) is 10.8 Å². The van der Waals surface area contributed by atoms with Crippen molar-refractivity contribution in [2.45, 2.75) is 13.5 Å². The van der Waals surface area contributed by atoms with E-state index in [0.717, 1.165) is 8.64 Å². The quantitative estimate of drug-likeness (QED) is 0.523. The Labute approximate surface area is 115 Å². The summed E-state index contributed by atoms with van der Waals surface area (Å²) in [6.07, 6.45) is 0. The van der Waals surface area contributed by atoms with Crippen LogP contribution in [0.1, 0.15) is 12.5 Å². The van der Waals surface area contributed by atoms with Crippen molar-refractivity contribution in [3.8, 4) is 5.75 Å². The van der Waals surface area contributed by atoms with Crippen LogP contribution in [0.25, 0.3) is 0 Å². The van der Waals surface area contributed by atoms with E-state index in [4.69, 9.17) is 29.3 Å². The summed E-state index contributed by atoms with van der Waals surface area (Å²) in [6.45, 7) is 1.52. The maximum absolute atomic E-state index is 10.7. The molecular weight excluding hydrogens is 440 g/mol. The second-order valence-corrected chi connectivity index (χ2v) is 9.95. The first-order chi connectivity index (χ1) is 7.58. The number of carbonyl (C=O) groups is 1. The molecule has 0 amide bonds. The summed E-state index contributed by atoms with van der Waals surface area (Å²) in [5, 5.41) is 0.596. The van der Waals surface area contributed by atoms with Gasteiger partial charge in [-0.25, -0.2) is 0 Å². The van der Waals surface area contributed by atoms with Crippen molar-refractivity contribution < 1.29 is 37.6 Å². The summed E-state index contributed by atoms with van der Waals surface area (Å²) >= 11 is 4.33. The number of benzene rings is 1. The number of hydrogen-bond acceptors (Lipinski definition) is 3. The topological polar surface area (TPSA) is 35.5 Å². The molecule has 6 heteroatoms. The standard InChI is InChI=1S/C10H10ClO3.ClH.Hg/c1-7(12)14-6-8-5-9(11)3-4-10(8)13-2;;/h3,5H,6H2,1-2H3;1H;/q;;+1/p-1. The van der Waals surface area contributed by atoms with Crippen LogP contribution in [0.3, 0.4) is 0 Å². The van der Waals surface area contributed by atoms with Gasteiger partial charge in [0.2, 0.25) is 0 Å². The molecule has 84 valence electrons. The zero-order valence-corrected chi connectivity index (χ0v) is 16.1. The Morgan fingerprint density at radius 2 is 2.19 bits per heavy atom. The fourth-order valence-electron chi connectivity index (χ4n) is 1.36.